The summed E-state index contributed by atoms with van der Waals surface area (Å²) in [5.74, 6) is -1.36. The zero-order valence-corrected chi connectivity index (χ0v) is 13.2. The van der Waals surface area contributed by atoms with Crippen LogP contribution in [0, 0.1) is 23.2 Å². The zero-order valence-electron chi connectivity index (χ0n) is 13.2. The van der Waals surface area contributed by atoms with Gasteiger partial charge in [0.1, 0.15) is 5.92 Å². The Morgan fingerprint density at radius 3 is 2.19 bits per heavy atom. The average Bonchev–Trinajstić information content (AvgIpc) is 2.45. The van der Waals surface area contributed by atoms with Crippen LogP contribution in [0.4, 0.5) is 0 Å². The van der Waals surface area contributed by atoms with Crippen molar-refractivity contribution < 1.29 is 9.59 Å². The first-order valence-corrected chi connectivity index (χ1v) is 8.42. The number of carbonyl (C=O) groups is 2. The topological polar surface area (TPSA) is 70.0 Å². The zero-order chi connectivity index (χ0) is 15.5. The van der Waals surface area contributed by atoms with Gasteiger partial charge in [0.05, 0.1) is 6.07 Å². The van der Waals surface area contributed by atoms with Crippen molar-refractivity contribution in [3.8, 4) is 6.07 Å². The molecule has 1 saturated heterocycles. The Labute approximate surface area is 128 Å². The summed E-state index contributed by atoms with van der Waals surface area (Å²) in [6.45, 7) is 2.23. The van der Waals surface area contributed by atoms with Crippen LogP contribution < -0.4 is 5.32 Å². The predicted molar refractivity (Wildman–Crippen MR) is 82.2 cm³/mol. The SMILES string of the molecule is CCCCCCCCCCCC1CC(=O)NC(=O)C1C#N. The van der Waals surface area contributed by atoms with Gasteiger partial charge in [-0.2, -0.15) is 5.26 Å². The van der Waals surface area contributed by atoms with Crippen molar-refractivity contribution in [3.63, 3.8) is 0 Å². The number of rotatable bonds is 10. The maximum atomic E-state index is 11.6. The molecule has 1 aliphatic heterocycles. The Bertz CT molecular complexity index is 373. The van der Waals surface area contributed by atoms with Gasteiger partial charge in [0.25, 0.3) is 0 Å². The van der Waals surface area contributed by atoms with E-state index in [9.17, 15) is 9.59 Å². The summed E-state index contributed by atoms with van der Waals surface area (Å²) in [6, 6.07) is 2.04. The summed E-state index contributed by atoms with van der Waals surface area (Å²) in [6.07, 6.45) is 12.4. The molecule has 4 nitrogen and oxygen atoms in total. The number of piperidine rings is 1. The van der Waals surface area contributed by atoms with E-state index in [0.29, 0.717) is 6.42 Å². The lowest BCUT2D eigenvalue weighted by molar-refractivity contribution is -0.137. The highest BCUT2D eigenvalue weighted by molar-refractivity contribution is 6.00. The molecule has 2 atom stereocenters. The van der Waals surface area contributed by atoms with Gasteiger partial charge < -0.3 is 0 Å². The van der Waals surface area contributed by atoms with Crippen LogP contribution in [0.3, 0.4) is 0 Å². The van der Waals surface area contributed by atoms with Gasteiger partial charge in [-0.1, -0.05) is 64.7 Å². The number of carbonyl (C=O) groups excluding carboxylic acids is 2. The minimum Gasteiger partial charge on any atom is -0.295 e. The fourth-order valence-corrected chi connectivity index (χ4v) is 2.99. The Kier molecular flexibility index (Phi) is 8.73. The third kappa shape index (κ3) is 6.75. The molecule has 1 fully saturated rings. The van der Waals surface area contributed by atoms with E-state index in [-0.39, 0.29) is 11.8 Å². The van der Waals surface area contributed by atoms with Gasteiger partial charge >= 0.3 is 0 Å². The summed E-state index contributed by atoms with van der Waals surface area (Å²) in [4.78, 5) is 22.9. The molecule has 0 bridgehead atoms. The molecule has 1 heterocycles. The number of hydrogen-bond donors (Lipinski definition) is 1. The third-order valence-electron chi connectivity index (χ3n) is 4.28. The lowest BCUT2D eigenvalue weighted by Gasteiger charge is -2.25. The number of nitrogens with zero attached hydrogens (tertiary/aromatic N) is 1. The lowest BCUT2D eigenvalue weighted by Crippen LogP contribution is -2.45. The molecule has 0 aromatic carbocycles. The molecular formula is C17H28N2O2. The van der Waals surface area contributed by atoms with E-state index in [1.165, 1.54) is 44.9 Å². The second kappa shape index (κ2) is 10.4. The van der Waals surface area contributed by atoms with Crippen LogP contribution in [-0.4, -0.2) is 11.8 Å². The first-order valence-electron chi connectivity index (χ1n) is 8.42. The molecule has 0 aromatic rings. The number of nitrogens with one attached hydrogen (secondary N) is 1. The molecule has 0 spiro atoms. The van der Waals surface area contributed by atoms with Crippen LogP contribution >= 0.6 is 0 Å². The van der Waals surface area contributed by atoms with Gasteiger partial charge in [-0.3, -0.25) is 14.9 Å². The highest BCUT2D eigenvalue weighted by Gasteiger charge is 2.35. The van der Waals surface area contributed by atoms with Crippen molar-refractivity contribution in [1.82, 2.24) is 5.32 Å². The quantitative estimate of drug-likeness (QED) is 0.493. The van der Waals surface area contributed by atoms with Gasteiger partial charge in [0.2, 0.25) is 11.8 Å². The van der Waals surface area contributed by atoms with Gasteiger partial charge in [0, 0.05) is 6.42 Å². The Hall–Kier alpha value is -1.37. The number of unbranched alkanes of at least 4 members (excludes halogenated alkanes) is 8. The molecule has 0 saturated carbocycles. The summed E-state index contributed by atoms with van der Waals surface area (Å²) >= 11 is 0. The molecule has 118 valence electrons. The molecule has 1 N–H and O–H groups in total. The smallest absolute Gasteiger partial charge is 0.244 e. The normalized spacial score (nSPS) is 21.9. The van der Waals surface area contributed by atoms with Crippen LogP contribution in [0.5, 0.6) is 0 Å². The van der Waals surface area contributed by atoms with Crippen molar-refractivity contribution in [2.75, 3.05) is 0 Å². The van der Waals surface area contributed by atoms with Gasteiger partial charge in [-0.25, -0.2) is 0 Å². The first kappa shape index (κ1) is 17.7. The number of nitriles is 1. The summed E-state index contributed by atoms with van der Waals surface area (Å²) in [5, 5.41) is 11.3. The maximum Gasteiger partial charge on any atom is 0.244 e. The second-order valence-corrected chi connectivity index (χ2v) is 6.10. The van der Waals surface area contributed by atoms with Crippen molar-refractivity contribution >= 4 is 11.8 Å². The van der Waals surface area contributed by atoms with Crippen LogP contribution in [0.2, 0.25) is 0 Å². The molecule has 1 rings (SSSR count). The van der Waals surface area contributed by atoms with Crippen LogP contribution in [0.25, 0.3) is 0 Å². The first-order chi connectivity index (χ1) is 10.2. The van der Waals surface area contributed by atoms with Crippen molar-refractivity contribution in [1.29, 1.82) is 5.26 Å². The van der Waals surface area contributed by atoms with Gasteiger partial charge in [-0.15, -0.1) is 0 Å². The summed E-state index contributed by atoms with van der Waals surface area (Å²) in [5.41, 5.74) is 0. The van der Waals surface area contributed by atoms with Gasteiger partial charge in [0.15, 0.2) is 0 Å². The van der Waals surface area contributed by atoms with Crippen molar-refractivity contribution in [2.24, 2.45) is 11.8 Å². The number of hydrogen-bond acceptors (Lipinski definition) is 3. The minimum absolute atomic E-state index is 0.0826. The fourth-order valence-electron chi connectivity index (χ4n) is 2.99. The summed E-state index contributed by atoms with van der Waals surface area (Å²) < 4.78 is 0. The molecule has 0 radical (unpaired) electrons. The molecule has 2 unspecified atom stereocenters. The monoisotopic (exact) mass is 292 g/mol. The average molecular weight is 292 g/mol. The highest BCUT2D eigenvalue weighted by atomic mass is 16.2. The van der Waals surface area contributed by atoms with E-state index >= 15 is 0 Å². The van der Waals surface area contributed by atoms with Crippen molar-refractivity contribution in [3.05, 3.63) is 0 Å². The van der Waals surface area contributed by atoms with Crippen LogP contribution in [0.15, 0.2) is 0 Å². The second-order valence-electron chi connectivity index (χ2n) is 6.10. The molecule has 21 heavy (non-hydrogen) atoms. The van der Waals surface area contributed by atoms with E-state index in [2.05, 4.69) is 12.2 Å². The molecular weight excluding hydrogens is 264 g/mol. The van der Waals surface area contributed by atoms with E-state index < -0.39 is 11.8 Å². The molecule has 2 amide bonds. The standard InChI is InChI=1S/C17H28N2O2/c1-2-3-4-5-6-7-8-9-10-11-14-12-16(20)19-17(21)15(14)13-18/h14-15H,2-12H2,1H3,(H,19,20,21). The Morgan fingerprint density at radius 2 is 1.62 bits per heavy atom. The highest BCUT2D eigenvalue weighted by Crippen LogP contribution is 2.26. The lowest BCUT2D eigenvalue weighted by atomic mass is 9.82. The van der Waals surface area contributed by atoms with Crippen LogP contribution in [-0.2, 0) is 9.59 Å². The molecule has 1 aliphatic rings. The molecule has 4 heteroatoms. The molecule has 0 aromatic heterocycles. The van der Waals surface area contributed by atoms with E-state index in [1.807, 2.05) is 6.07 Å². The van der Waals surface area contributed by atoms with E-state index in [0.717, 1.165) is 19.3 Å². The fraction of sp³-hybridized carbons (Fsp3) is 0.824. The van der Waals surface area contributed by atoms with Gasteiger partial charge in [-0.05, 0) is 12.3 Å². The Balaban J connectivity index is 2.10. The maximum absolute atomic E-state index is 11.6. The molecule has 0 aliphatic carbocycles. The summed E-state index contributed by atoms with van der Waals surface area (Å²) in [7, 11) is 0. The van der Waals surface area contributed by atoms with E-state index in [4.69, 9.17) is 5.26 Å². The predicted octanol–water partition coefficient (Wildman–Crippen LogP) is 3.71. The Morgan fingerprint density at radius 1 is 1.05 bits per heavy atom. The number of amides is 2. The minimum atomic E-state index is -0.642. The van der Waals surface area contributed by atoms with E-state index in [1.54, 1.807) is 0 Å². The largest absolute Gasteiger partial charge is 0.295 e. The van der Waals surface area contributed by atoms with Crippen LogP contribution in [0.1, 0.15) is 77.6 Å². The third-order valence-corrected chi connectivity index (χ3v) is 4.28. The number of imide groups is 1. The van der Waals surface area contributed by atoms with Crippen molar-refractivity contribution in [2.45, 2.75) is 77.6 Å².